The molecule has 2 aromatic rings. The van der Waals surface area contributed by atoms with E-state index in [4.69, 9.17) is 14.6 Å². The fourth-order valence-corrected chi connectivity index (χ4v) is 3.56. The predicted octanol–water partition coefficient (Wildman–Crippen LogP) is 1.17. The first-order valence-corrected chi connectivity index (χ1v) is 9.30. The third-order valence-electron chi connectivity index (χ3n) is 4.09. The molecule has 1 aromatic heterocycles. The van der Waals surface area contributed by atoms with Gasteiger partial charge in [0.25, 0.3) is 10.0 Å². The standard InChI is InChI=1S/C16H21N3O4S/c1-22-15-4-2-12(3-5-15)8-14-10-19(9-13-6-7-23-11-13)18-16(14)24(17,20)21/h2-5,10,13H,6-9,11H2,1H3,(H2,17,20,21). The number of hydrogen-bond donors (Lipinski definition) is 1. The highest BCUT2D eigenvalue weighted by atomic mass is 32.2. The maximum Gasteiger partial charge on any atom is 0.257 e. The van der Waals surface area contributed by atoms with E-state index < -0.39 is 10.0 Å². The molecule has 24 heavy (non-hydrogen) atoms. The molecular weight excluding hydrogens is 330 g/mol. The van der Waals surface area contributed by atoms with Crippen molar-refractivity contribution in [3.05, 3.63) is 41.6 Å². The van der Waals surface area contributed by atoms with E-state index in [1.54, 1.807) is 18.0 Å². The first kappa shape index (κ1) is 16.9. The Morgan fingerprint density at radius 2 is 2.12 bits per heavy atom. The summed E-state index contributed by atoms with van der Waals surface area (Å²) in [5, 5.41) is 9.47. The minimum absolute atomic E-state index is 0.0581. The molecule has 0 amide bonds. The normalized spacial score (nSPS) is 18.0. The third kappa shape index (κ3) is 3.95. The number of primary sulfonamides is 1. The topological polar surface area (TPSA) is 96.4 Å². The van der Waals surface area contributed by atoms with Gasteiger partial charge in [-0.05, 0) is 24.1 Å². The number of nitrogens with zero attached hydrogens (tertiary/aromatic N) is 2. The molecule has 2 N–H and O–H groups in total. The van der Waals surface area contributed by atoms with Gasteiger partial charge in [0.05, 0.1) is 13.7 Å². The van der Waals surface area contributed by atoms with E-state index in [-0.39, 0.29) is 5.03 Å². The zero-order chi connectivity index (χ0) is 17.2. The van der Waals surface area contributed by atoms with Crippen LogP contribution in [0.4, 0.5) is 0 Å². The van der Waals surface area contributed by atoms with Gasteiger partial charge < -0.3 is 9.47 Å². The number of ether oxygens (including phenoxy) is 2. The van der Waals surface area contributed by atoms with E-state index in [0.29, 0.717) is 31.1 Å². The average molecular weight is 351 g/mol. The molecule has 0 radical (unpaired) electrons. The number of rotatable bonds is 6. The average Bonchev–Trinajstić information content (AvgIpc) is 3.18. The Labute approximate surface area is 141 Å². The van der Waals surface area contributed by atoms with Gasteiger partial charge in [0.15, 0.2) is 5.03 Å². The highest BCUT2D eigenvalue weighted by Gasteiger charge is 2.22. The molecule has 0 bridgehead atoms. The first-order valence-electron chi connectivity index (χ1n) is 7.75. The van der Waals surface area contributed by atoms with E-state index in [9.17, 15) is 8.42 Å². The molecule has 0 saturated carbocycles. The Morgan fingerprint density at radius 3 is 2.71 bits per heavy atom. The minimum Gasteiger partial charge on any atom is -0.497 e. The van der Waals surface area contributed by atoms with Gasteiger partial charge in [0.1, 0.15) is 5.75 Å². The number of aromatic nitrogens is 2. The lowest BCUT2D eigenvalue weighted by Crippen LogP contribution is -2.16. The lowest BCUT2D eigenvalue weighted by atomic mass is 10.1. The van der Waals surface area contributed by atoms with Crippen LogP contribution in [-0.4, -0.2) is 38.5 Å². The van der Waals surface area contributed by atoms with Crippen molar-refractivity contribution in [2.45, 2.75) is 24.4 Å². The van der Waals surface area contributed by atoms with Crippen molar-refractivity contribution < 1.29 is 17.9 Å². The molecule has 1 saturated heterocycles. The van der Waals surface area contributed by atoms with Crippen LogP contribution in [0.5, 0.6) is 5.75 Å². The summed E-state index contributed by atoms with van der Waals surface area (Å²) in [5.74, 6) is 1.11. The molecule has 1 aliphatic heterocycles. The van der Waals surface area contributed by atoms with E-state index in [0.717, 1.165) is 24.3 Å². The van der Waals surface area contributed by atoms with Gasteiger partial charge >= 0.3 is 0 Å². The fourth-order valence-electron chi connectivity index (χ4n) is 2.85. The molecular formula is C16H21N3O4S. The summed E-state index contributed by atoms with van der Waals surface area (Å²) in [5.41, 5.74) is 1.56. The Balaban J connectivity index is 1.85. The van der Waals surface area contributed by atoms with Crippen molar-refractivity contribution in [1.29, 1.82) is 0 Å². The minimum atomic E-state index is -3.87. The summed E-state index contributed by atoms with van der Waals surface area (Å²) < 4.78 is 35.9. The van der Waals surface area contributed by atoms with E-state index in [1.807, 2.05) is 24.3 Å². The molecule has 1 unspecified atom stereocenters. The monoisotopic (exact) mass is 351 g/mol. The zero-order valence-electron chi connectivity index (χ0n) is 13.5. The van der Waals surface area contributed by atoms with Crippen LogP contribution in [0.2, 0.25) is 0 Å². The fraction of sp³-hybridized carbons (Fsp3) is 0.438. The lowest BCUT2D eigenvalue weighted by Gasteiger charge is -2.06. The second kappa shape index (κ2) is 6.92. The van der Waals surface area contributed by atoms with Crippen LogP contribution in [0, 0.1) is 5.92 Å². The van der Waals surface area contributed by atoms with Crippen LogP contribution < -0.4 is 9.88 Å². The number of nitrogens with two attached hydrogens (primary N) is 1. The largest absolute Gasteiger partial charge is 0.497 e. The molecule has 7 nitrogen and oxygen atoms in total. The number of sulfonamides is 1. The number of methoxy groups -OCH3 is 1. The molecule has 0 aliphatic carbocycles. The van der Waals surface area contributed by atoms with Crippen molar-refractivity contribution in [3.63, 3.8) is 0 Å². The Hall–Kier alpha value is -1.90. The van der Waals surface area contributed by atoms with Crippen molar-refractivity contribution in [2.24, 2.45) is 11.1 Å². The number of hydrogen-bond acceptors (Lipinski definition) is 5. The van der Waals surface area contributed by atoms with Gasteiger partial charge in [-0.3, -0.25) is 4.68 Å². The van der Waals surface area contributed by atoms with Gasteiger partial charge in [0, 0.05) is 37.3 Å². The number of benzene rings is 1. The molecule has 3 rings (SSSR count). The van der Waals surface area contributed by atoms with Crippen LogP contribution in [0.1, 0.15) is 17.5 Å². The molecule has 2 heterocycles. The van der Waals surface area contributed by atoms with Gasteiger partial charge in [-0.1, -0.05) is 12.1 Å². The molecule has 1 atom stereocenters. The summed E-state index contributed by atoms with van der Waals surface area (Å²) in [6.07, 6.45) is 3.16. The highest BCUT2D eigenvalue weighted by Crippen LogP contribution is 2.21. The molecule has 130 valence electrons. The van der Waals surface area contributed by atoms with Crippen molar-refractivity contribution in [2.75, 3.05) is 20.3 Å². The summed E-state index contributed by atoms with van der Waals surface area (Å²) in [4.78, 5) is 0. The van der Waals surface area contributed by atoms with Crippen molar-refractivity contribution >= 4 is 10.0 Å². The van der Waals surface area contributed by atoms with Crippen LogP contribution >= 0.6 is 0 Å². The van der Waals surface area contributed by atoms with Crippen LogP contribution in [-0.2, 0) is 27.7 Å². The third-order valence-corrected chi connectivity index (χ3v) is 4.97. The summed E-state index contributed by atoms with van der Waals surface area (Å²) in [7, 11) is -2.27. The van der Waals surface area contributed by atoms with Crippen LogP contribution in [0.25, 0.3) is 0 Å². The second-order valence-corrected chi connectivity index (χ2v) is 7.46. The predicted molar refractivity (Wildman–Crippen MR) is 88.3 cm³/mol. The van der Waals surface area contributed by atoms with E-state index >= 15 is 0 Å². The van der Waals surface area contributed by atoms with Gasteiger partial charge in [-0.25, -0.2) is 13.6 Å². The first-order chi connectivity index (χ1) is 11.5. The molecule has 0 spiro atoms. The molecule has 1 aliphatic rings. The van der Waals surface area contributed by atoms with Crippen molar-refractivity contribution in [1.82, 2.24) is 9.78 Å². The van der Waals surface area contributed by atoms with Gasteiger partial charge in [-0.2, -0.15) is 5.10 Å². The SMILES string of the molecule is COc1ccc(Cc2cn(CC3CCOC3)nc2S(N)(=O)=O)cc1. The van der Waals surface area contributed by atoms with Crippen molar-refractivity contribution in [3.8, 4) is 5.75 Å². The molecule has 1 aromatic carbocycles. The highest BCUT2D eigenvalue weighted by molar-refractivity contribution is 7.89. The Bertz CT molecular complexity index is 793. The smallest absolute Gasteiger partial charge is 0.257 e. The Kier molecular flexibility index (Phi) is 4.88. The quantitative estimate of drug-likeness (QED) is 0.842. The summed E-state index contributed by atoms with van der Waals surface area (Å²) in [6.45, 7) is 2.05. The zero-order valence-corrected chi connectivity index (χ0v) is 14.3. The maximum absolute atomic E-state index is 11.9. The van der Waals surface area contributed by atoms with Gasteiger partial charge in [-0.15, -0.1) is 0 Å². The summed E-state index contributed by atoms with van der Waals surface area (Å²) >= 11 is 0. The van der Waals surface area contributed by atoms with Crippen LogP contribution in [0.15, 0.2) is 35.5 Å². The van der Waals surface area contributed by atoms with Crippen LogP contribution in [0.3, 0.4) is 0 Å². The van der Waals surface area contributed by atoms with E-state index in [2.05, 4.69) is 5.10 Å². The van der Waals surface area contributed by atoms with E-state index in [1.165, 1.54) is 0 Å². The lowest BCUT2D eigenvalue weighted by molar-refractivity contribution is 0.181. The molecule has 8 heteroatoms. The van der Waals surface area contributed by atoms with Gasteiger partial charge in [0.2, 0.25) is 0 Å². The Morgan fingerprint density at radius 1 is 1.38 bits per heavy atom. The molecule has 1 fully saturated rings. The summed E-state index contributed by atoms with van der Waals surface area (Å²) in [6, 6.07) is 7.47. The second-order valence-electron chi connectivity index (χ2n) is 5.98. The maximum atomic E-state index is 11.9.